The van der Waals surface area contributed by atoms with Gasteiger partial charge in [0.05, 0.1) is 19.5 Å². The highest BCUT2D eigenvalue weighted by Crippen LogP contribution is 2.22. The molecule has 432 valence electrons. The number of nitrogens with one attached hydrogen (secondary N) is 10. The second kappa shape index (κ2) is 30.0. The van der Waals surface area contributed by atoms with Crippen molar-refractivity contribution >= 4 is 70.0 Å². The molecule has 4 heterocycles. The standard InChI is InChI=1S/C54H75N15O11/c1-31(2)22-39-47(74)64-38(12-8-20-59-54(55)56)53(80)69-21-9-13-44(69)52(79)61-28-46(73)58-19-7-3-4-14-45(72)63-42(25-34-27-57-30-62-34)50(77)67-41(24-33-26-60-37-11-6-5-10-36(33)37)49(76)68-43(29-70)51(78)66-40(48(75)65-39)23-32-15-17-35(71)18-16-32/h5-6,10-11,15-18,26-27,30-31,38-44,60,70-71H,3-4,7-9,12-14,19-25,28-29H2,1-2H3,(H,57,62)(H,58,73)(H,61,79)(H,63,72)(H,64,74)(H,65,75)(H,66,78)(H,67,77)(H,68,76)(H4,55,56,59)/t38-,39+,40-,41-,42-,43-,44-/m0/s1. The number of phenolic OH excluding ortho intramolecular Hbond substituents is 1. The van der Waals surface area contributed by atoms with Crippen molar-refractivity contribution in [2.45, 2.75) is 133 Å². The number of para-hydroxylation sites is 1. The molecule has 16 N–H and O–H groups in total. The van der Waals surface area contributed by atoms with Crippen LogP contribution in [0.25, 0.3) is 10.9 Å². The number of amides is 9. The van der Waals surface area contributed by atoms with E-state index in [0.29, 0.717) is 42.5 Å². The van der Waals surface area contributed by atoms with E-state index in [0.717, 1.165) is 10.9 Å². The molecule has 0 saturated carbocycles. The molecule has 7 atom stereocenters. The normalized spacial score (nSPS) is 23.3. The van der Waals surface area contributed by atoms with Crippen LogP contribution in [0.5, 0.6) is 5.75 Å². The van der Waals surface area contributed by atoms with Crippen molar-refractivity contribution < 1.29 is 53.4 Å². The second-order valence-electron chi connectivity index (χ2n) is 20.5. The topological polar surface area (TPSA) is 402 Å². The molecule has 9 amide bonds. The Labute approximate surface area is 462 Å². The van der Waals surface area contributed by atoms with Gasteiger partial charge in [-0.1, -0.05) is 50.6 Å². The molecule has 26 heteroatoms. The number of nitrogens with two attached hydrogens (primary N) is 2. The van der Waals surface area contributed by atoms with Gasteiger partial charge in [-0.2, -0.15) is 0 Å². The largest absolute Gasteiger partial charge is 0.508 e. The molecular weight excluding hydrogens is 1030 g/mol. The Balaban J connectivity index is 1.32. The lowest BCUT2D eigenvalue weighted by Gasteiger charge is -2.30. The molecule has 0 unspecified atom stereocenters. The Kier molecular flexibility index (Phi) is 22.7. The van der Waals surface area contributed by atoms with E-state index in [2.05, 4.69) is 62.5 Å². The van der Waals surface area contributed by atoms with Crippen molar-refractivity contribution in [2.75, 3.05) is 32.8 Å². The molecule has 0 aliphatic carbocycles. The van der Waals surface area contributed by atoms with Gasteiger partial charge in [-0.05, 0) is 80.2 Å². The summed E-state index contributed by atoms with van der Waals surface area (Å²) in [7, 11) is 0. The van der Waals surface area contributed by atoms with Gasteiger partial charge in [0.1, 0.15) is 48.0 Å². The third-order valence-corrected chi connectivity index (χ3v) is 13.8. The summed E-state index contributed by atoms with van der Waals surface area (Å²) in [4.78, 5) is 142. The van der Waals surface area contributed by atoms with Crippen molar-refractivity contribution in [3.05, 3.63) is 84.1 Å². The van der Waals surface area contributed by atoms with E-state index in [1.54, 1.807) is 12.3 Å². The van der Waals surface area contributed by atoms with Gasteiger partial charge in [-0.25, -0.2) is 4.98 Å². The fraction of sp³-hybridized carbons (Fsp3) is 0.500. The molecule has 2 aliphatic rings. The van der Waals surface area contributed by atoms with Gasteiger partial charge in [0.15, 0.2) is 5.96 Å². The molecule has 0 spiro atoms. The van der Waals surface area contributed by atoms with Crippen molar-refractivity contribution in [1.29, 1.82) is 0 Å². The number of aliphatic hydroxyl groups excluding tert-OH is 1. The van der Waals surface area contributed by atoms with Crippen LogP contribution in [0.1, 0.15) is 88.5 Å². The Hall–Kier alpha value is -8.55. The first kappa shape index (κ1) is 60.7. The van der Waals surface area contributed by atoms with E-state index in [-0.39, 0.29) is 95.2 Å². The minimum absolute atomic E-state index is 0.00482. The maximum atomic E-state index is 14.6. The Morgan fingerprint density at radius 1 is 0.700 bits per heavy atom. The van der Waals surface area contributed by atoms with Gasteiger partial charge in [-0.15, -0.1) is 0 Å². The third-order valence-electron chi connectivity index (χ3n) is 13.8. The number of aromatic nitrogens is 3. The number of aromatic hydroxyl groups is 1. The van der Waals surface area contributed by atoms with Gasteiger partial charge in [-0.3, -0.25) is 48.1 Å². The molecule has 6 rings (SSSR count). The smallest absolute Gasteiger partial charge is 0.245 e. The minimum atomic E-state index is -1.71. The monoisotopic (exact) mass is 1110 g/mol. The average molecular weight is 1110 g/mol. The van der Waals surface area contributed by atoms with E-state index in [1.807, 2.05) is 32.0 Å². The summed E-state index contributed by atoms with van der Waals surface area (Å²) in [6.45, 7) is 2.76. The fourth-order valence-corrected chi connectivity index (χ4v) is 9.58. The first-order chi connectivity index (χ1) is 38.4. The van der Waals surface area contributed by atoms with Crippen LogP contribution in [-0.4, -0.2) is 164 Å². The van der Waals surface area contributed by atoms with Gasteiger partial charge in [0, 0.05) is 74.3 Å². The highest BCUT2D eigenvalue weighted by molar-refractivity contribution is 5.98. The summed E-state index contributed by atoms with van der Waals surface area (Å²) in [6.07, 6.45) is 6.57. The molecule has 26 nitrogen and oxygen atoms in total. The van der Waals surface area contributed by atoms with E-state index in [1.165, 1.54) is 41.7 Å². The number of nitrogens with zero attached hydrogens (tertiary/aromatic N) is 3. The zero-order chi connectivity index (χ0) is 57.7. The Bertz CT molecular complexity index is 2800. The number of aliphatic imine (C=N–C) groups is 1. The fourth-order valence-electron chi connectivity index (χ4n) is 9.58. The molecule has 2 saturated heterocycles. The van der Waals surface area contributed by atoms with Gasteiger partial charge in [0.2, 0.25) is 53.2 Å². The lowest BCUT2D eigenvalue weighted by Crippen LogP contribution is -2.61. The summed E-state index contributed by atoms with van der Waals surface area (Å²) >= 11 is 0. The lowest BCUT2D eigenvalue weighted by atomic mass is 10.00. The number of imidazole rings is 1. The third kappa shape index (κ3) is 18.3. The predicted octanol–water partition coefficient (Wildman–Crippen LogP) is -1.58. The molecule has 0 bridgehead atoms. The van der Waals surface area contributed by atoms with Crippen LogP contribution < -0.4 is 54.0 Å². The van der Waals surface area contributed by atoms with Crippen LogP contribution in [0.4, 0.5) is 0 Å². The SMILES string of the molecule is CC(C)C[C@H]1NC(=O)[C@H](Cc2ccc(O)cc2)NC(=O)[C@H](CO)NC(=O)[C@H](Cc2c[nH]c3ccccc23)NC(=O)[C@H](Cc2cnc[nH]2)NC(=O)CCCCCNC(=O)CNC(=O)[C@@H]2CCCN2C(=O)[C@H](CCCN=C(N)N)NC1=O. The van der Waals surface area contributed by atoms with Crippen LogP contribution in [0, 0.1) is 5.92 Å². The first-order valence-corrected chi connectivity index (χ1v) is 27.0. The summed E-state index contributed by atoms with van der Waals surface area (Å²) in [5.41, 5.74) is 13.4. The highest BCUT2D eigenvalue weighted by atomic mass is 16.3. The van der Waals surface area contributed by atoms with Crippen molar-refractivity contribution in [3.8, 4) is 5.75 Å². The Morgan fingerprint density at radius 3 is 2.04 bits per heavy atom. The molecule has 2 fully saturated rings. The number of phenols is 1. The number of aliphatic hydroxyl groups is 1. The number of fused-ring (bicyclic) bond motifs is 2. The molecular formula is C54H75N15O11. The van der Waals surface area contributed by atoms with Crippen LogP contribution in [0.3, 0.4) is 0 Å². The number of hydrogen-bond donors (Lipinski definition) is 14. The maximum Gasteiger partial charge on any atom is 0.245 e. The van der Waals surface area contributed by atoms with Crippen LogP contribution in [0.15, 0.2) is 72.2 Å². The van der Waals surface area contributed by atoms with E-state index < -0.39 is 102 Å². The molecule has 4 aromatic rings. The average Bonchev–Trinajstić information content (AvgIpc) is 4.27. The first-order valence-electron chi connectivity index (χ1n) is 27.0. The number of rotatable bonds is 13. The van der Waals surface area contributed by atoms with Gasteiger partial charge >= 0.3 is 0 Å². The number of aromatic amines is 2. The van der Waals surface area contributed by atoms with E-state index in [4.69, 9.17) is 11.5 Å². The van der Waals surface area contributed by atoms with Crippen molar-refractivity contribution in [3.63, 3.8) is 0 Å². The number of hydrogen-bond acceptors (Lipinski definition) is 13. The van der Waals surface area contributed by atoms with Crippen molar-refractivity contribution in [1.82, 2.24) is 62.4 Å². The van der Waals surface area contributed by atoms with Crippen LogP contribution in [-0.2, 0) is 62.4 Å². The second-order valence-corrected chi connectivity index (χ2v) is 20.5. The maximum absolute atomic E-state index is 14.6. The zero-order valence-electron chi connectivity index (χ0n) is 45.1. The number of H-pyrrole nitrogens is 2. The Morgan fingerprint density at radius 2 is 1.35 bits per heavy atom. The van der Waals surface area contributed by atoms with Crippen molar-refractivity contribution in [2.24, 2.45) is 22.4 Å². The number of carbonyl (C=O) groups is 9. The van der Waals surface area contributed by atoms with Gasteiger partial charge < -0.3 is 79.1 Å². The summed E-state index contributed by atoms with van der Waals surface area (Å²) in [6, 6.07) is 3.70. The number of benzene rings is 2. The van der Waals surface area contributed by atoms with E-state index in [9.17, 15) is 53.4 Å². The van der Waals surface area contributed by atoms with E-state index >= 15 is 0 Å². The summed E-state index contributed by atoms with van der Waals surface area (Å²) in [5.74, 6) is -6.88. The molecule has 80 heavy (non-hydrogen) atoms. The summed E-state index contributed by atoms with van der Waals surface area (Å²) in [5, 5.41) is 43.1. The number of carbonyl (C=O) groups excluding carboxylic acids is 9. The number of guanidine groups is 1. The minimum Gasteiger partial charge on any atom is -0.508 e. The lowest BCUT2D eigenvalue weighted by molar-refractivity contribution is -0.142. The zero-order valence-corrected chi connectivity index (χ0v) is 45.1. The predicted molar refractivity (Wildman–Crippen MR) is 293 cm³/mol. The van der Waals surface area contributed by atoms with Crippen LogP contribution in [0.2, 0.25) is 0 Å². The molecule has 2 aromatic heterocycles. The molecule has 2 aromatic carbocycles. The molecule has 0 radical (unpaired) electrons. The summed E-state index contributed by atoms with van der Waals surface area (Å²) < 4.78 is 0. The molecule has 2 aliphatic heterocycles. The van der Waals surface area contributed by atoms with Gasteiger partial charge in [0.25, 0.3) is 0 Å². The quantitative estimate of drug-likeness (QED) is 0.0409. The van der Waals surface area contributed by atoms with Crippen LogP contribution >= 0.6 is 0 Å². The highest BCUT2D eigenvalue weighted by Gasteiger charge is 2.39.